The number of nitrogens with zero attached hydrogens (tertiary/aromatic N) is 3. The van der Waals surface area contributed by atoms with Gasteiger partial charge in [-0.1, -0.05) is 6.07 Å². The third kappa shape index (κ3) is 5.04. The summed E-state index contributed by atoms with van der Waals surface area (Å²) in [7, 11) is 3.33. The molecule has 0 radical (unpaired) electrons. The molecule has 0 aromatic heterocycles. The van der Waals surface area contributed by atoms with Crippen LogP contribution in [-0.4, -0.2) is 79.1 Å². The molecule has 6 nitrogen and oxygen atoms in total. The first kappa shape index (κ1) is 21.9. The molecule has 0 N–H and O–H groups in total. The Kier molecular flexibility index (Phi) is 7.41. The maximum absolute atomic E-state index is 13.2. The van der Waals surface area contributed by atoms with Crippen LogP contribution in [0.4, 0.5) is 0 Å². The summed E-state index contributed by atoms with van der Waals surface area (Å²) in [5.74, 6) is 1.83. The Labute approximate surface area is 175 Å². The van der Waals surface area contributed by atoms with Crippen LogP contribution in [-0.2, 0) is 11.3 Å². The molecule has 2 aliphatic rings. The van der Waals surface area contributed by atoms with Crippen LogP contribution in [0.2, 0.25) is 0 Å². The molecule has 1 aromatic carbocycles. The zero-order valence-corrected chi connectivity index (χ0v) is 18.7. The Morgan fingerprint density at radius 1 is 1.03 bits per heavy atom. The van der Waals surface area contributed by atoms with E-state index in [9.17, 15) is 4.79 Å². The largest absolute Gasteiger partial charge is 0.493 e. The standard InChI is InChI=1S/C23H37N3O3/c1-17-7-6-8-18(2)26(17)23(27)19(3)25-13-11-24(12-14-25)16-20-9-10-21(28-4)22(15-20)29-5/h9-10,15,17-19H,6-8,11-14,16H2,1-5H3/t17-,18+,19-/m1/s1. The van der Waals surface area contributed by atoms with Crippen molar-refractivity contribution in [3.63, 3.8) is 0 Å². The molecule has 2 aliphatic heterocycles. The molecule has 6 heteroatoms. The second-order valence-electron chi connectivity index (χ2n) is 8.55. The normalized spacial score (nSPS) is 24.9. The molecule has 0 unspecified atom stereocenters. The minimum Gasteiger partial charge on any atom is -0.493 e. The minimum absolute atomic E-state index is 0.0405. The van der Waals surface area contributed by atoms with Gasteiger partial charge in [0.1, 0.15) is 0 Å². The van der Waals surface area contributed by atoms with Crippen LogP contribution < -0.4 is 9.47 Å². The van der Waals surface area contributed by atoms with Gasteiger partial charge in [0.15, 0.2) is 11.5 Å². The zero-order valence-electron chi connectivity index (χ0n) is 18.7. The van der Waals surface area contributed by atoms with Crippen molar-refractivity contribution in [2.24, 2.45) is 0 Å². The molecule has 3 rings (SSSR count). The maximum atomic E-state index is 13.2. The minimum atomic E-state index is -0.0405. The third-order valence-corrected chi connectivity index (χ3v) is 6.61. The highest BCUT2D eigenvalue weighted by atomic mass is 16.5. The molecule has 3 atom stereocenters. The van der Waals surface area contributed by atoms with Gasteiger partial charge in [-0.05, 0) is 57.7 Å². The molecule has 0 aliphatic carbocycles. The predicted molar refractivity (Wildman–Crippen MR) is 115 cm³/mol. The highest BCUT2D eigenvalue weighted by Crippen LogP contribution is 2.28. The zero-order chi connectivity index (χ0) is 21.0. The quantitative estimate of drug-likeness (QED) is 0.731. The fourth-order valence-corrected chi connectivity index (χ4v) is 4.77. The van der Waals surface area contributed by atoms with E-state index in [1.165, 1.54) is 12.0 Å². The number of methoxy groups -OCH3 is 2. The van der Waals surface area contributed by atoms with Crippen molar-refractivity contribution < 1.29 is 14.3 Å². The van der Waals surface area contributed by atoms with Gasteiger partial charge in [0, 0.05) is 44.8 Å². The molecule has 29 heavy (non-hydrogen) atoms. The molecular formula is C23H37N3O3. The predicted octanol–water partition coefficient (Wildman–Crippen LogP) is 3.00. The number of carbonyl (C=O) groups is 1. The number of piperazine rings is 1. The number of ether oxygens (including phenoxy) is 2. The van der Waals surface area contributed by atoms with E-state index >= 15 is 0 Å². The Morgan fingerprint density at radius 3 is 2.24 bits per heavy atom. The van der Waals surface area contributed by atoms with Gasteiger partial charge >= 0.3 is 0 Å². The van der Waals surface area contributed by atoms with E-state index in [0.29, 0.717) is 18.0 Å². The fraction of sp³-hybridized carbons (Fsp3) is 0.696. The maximum Gasteiger partial charge on any atom is 0.240 e. The number of benzene rings is 1. The Balaban J connectivity index is 1.54. The number of piperidine rings is 1. The lowest BCUT2D eigenvalue weighted by Gasteiger charge is -2.44. The second-order valence-corrected chi connectivity index (χ2v) is 8.55. The molecule has 0 saturated carbocycles. The van der Waals surface area contributed by atoms with Gasteiger partial charge in [-0.15, -0.1) is 0 Å². The Bertz CT molecular complexity index is 678. The second kappa shape index (κ2) is 9.81. The molecule has 1 aromatic rings. The van der Waals surface area contributed by atoms with Crippen molar-refractivity contribution in [3.8, 4) is 11.5 Å². The Morgan fingerprint density at radius 2 is 1.66 bits per heavy atom. The van der Waals surface area contributed by atoms with E-state index in [1.54, 1.807) is 14.2 Å². The molecule has 2 fully saturated rings. The summed E-state index contributed by atoms with van der Waals surface area (Å²) in [5, 5.41) is 0. The van der Waals surface area contributed by atoms with Crippen molar-refractivity contribution in [3.05, 3.63) is 23.8 Å². The number of carbonyl (C=O) groups excluding carboxylic acids is 1. The monoisotopic (exact) mass is 403 g/mol. The van der Waals surface area contributed by atoms with Crippen molar-refractivity contribution in [1.29, 1.82) is 0 Å². The van der Waals surface area contributed by atoms with Crippen LogP contribution in [0, 0.1) is 0 Å². The van der Waals surface area contributed by atoms with Gasteiger partial charge in [0.25, 0.3) is 0 Å². The van der Waals surface area contributed by atoms with E-state index in [0.717, 1.165) is 57.1 Å². The average Bonchev–Trinajstić information content (AvgIpc) is 2.73. The summed E-state index contributed by atoms with van der Waals surface area (Å²) in [5.41, 5.74) is 1.22. The summed E-state index contributed by atoms with van der Waals surface area (Å²) >= 11 is 0. The smallest absolute Gasteiger partial charge is 0.240 e. The van der Waals surface area contributed by atoms with Crippen molar-refractivity contribution in [2.45, 2.75) is 64.7 Å². The van der Waals surface area contributed by atoms with E-state index in [2.05, 4.69) is 47.6 Å². The number of amides is 1. The van der Waals surface area contributed by atoms with Gasteiger partial charge in [-0.25, -0.2) is 0 Å². The highest BCUT2D eigenvalue weighted by Gasteiger charge is 2.34. The van der Waals surface area contributed by atoms with Gasteiger partial charge in [-0.2, -0.15) is 0 Å². The van der Waals surface area contributed by atoms with Crippen LogP contribution >= 0.6 is 0 Å². The van der Waals surface area contributed by atoms with Crippen molar-refractivity contribution >= 4 is 5.91 Å². The summed E-state index contributed by atoms with van der Waals surface area (Å²) in [6.45, 7) is 11.2. The van der Waals surface area contributed by atoms with Crippen LogP contribution in [0.1, 0.15) is 45.6 Å². The lowest BCUT2D eigenvalue weighted by atomic mass is 9.96. The molecular weight excluding hydrogens is 366 g/mol. The molecule has 0 spiro atoms. The molecule has 2 saturated heterocycles. The Hall–Kier alpha value is -1.79. The summed E-state index contributed by atoms with van der Waals surface area (Å²) < 4.78 is 10.7. The summed E-state index contributed by atoms with van der Waals surface area (Å²) in [6, 6.07) is 6.79. The van der Waals surface area contributed by atoms with Gasteiger partial charge < -0.3 is 14.4 Å². The lowest BCUT2D eigenvalue weighted by Crippen LogP contribution is -2.58. The van der Waals surface area contributed by atoms with E-state index in [1.807, 2.05) is 6.07 Å². The first-order valence-electron chi connectivity index (χ1n) is 10.9. The van der Waals surface area contributed by atoms with Crippen LogP contribution in [0.25, 0.3) is 0 Å². The molecule has 1 amide bonds. The first-order valence-corrected chi connectivity index (χ1v) is 10.9. The van der Waals surface area contributed by atoms with E-state index in [-0.39, 0.29) is 6.04 Å². The molecule has 162 valence electrons. The van der Waals surface area contributed by atoms with Crippen molar-refractivity contribution in [1.82, 2.24) is 14.7 Å². The topological polar surface area (TPSA) is 45.2 Å². The molecule has 0 bridgehead atoms. The van der Waals surface area contributed by atoms with Crippen LogP contribution in [0.15, 0.2) is 18.2 Å². The highest BCUT2D eigenvalue weighted by molar-refractivity contribution is 5.82. The van der Waals surface area contributed by atoms with Crippen molar-refractivity contribution in [2.75, 3.05) is 40.4 Å². The summed E-state index contributed by atoms with van der Waals surface area (Å²) in [4.78, 5) is 20.1. The SMILES string of the molecule is COc1ccc(CN2CCN([C@H](C)C(=O)N3[C@H](C)CCC[C@@H]3C)CC2)cc1OC. The first-order chi connectivity index (χ1) is 13.9. The number of hydrogen-bond acceptors (Lipinski definition) is 5. The van der Waals surface area contributed by atoms with Gasteiger partial charge in [-0.3, -0.25) is 14.6 Å². The van der Waals surface area contributed by atoms with E-state index < -0.39 is 0 Å². The fourth-order valence-electron chi connectivity index (χ4n) is 4.77. The van der Waals surface area contributed by atoms with Crippen LogP contribution in [0.3, 0.4) is 0 Å². The van der Waals surface area contributed by atoms with Gasteiger partial charge in [0.05, 0.1) is 20.3 Å². The van der Waals surface area contributed by atoms with E-state index in [4.69, 9.17) is 9.47 Å². The number of rotatable bonds is 6. The number of hydrogen-bond donors (Lipinski definition) is 0. The molecule has 2 heterocycles. The van der Waals surface area contributed by atoms with Crippen LogP contribution in [0.5, 0.6) is 11.5 Å². The van der Waals surface area contributed by atoms with Gasteiger partial charge in [0.2, 0.25) is 5.91 Å². The third-order valence-electron chi connectivity index (χ3n) is 6.61. The lowest BCUT2D eigenvalue weighted by molar-refractivity contribution is -0.143. The number of likely N-dealkylation sites (tertiary alicyclic amines) is 1. The average molecular weight is 404 g/mol. The summed E-state index contributed by atoms with van der Waals surface area (Å²) in [6.07, 6.45) is 3.49.